The Bertz CT molecular complexity index is 467. The van der Waals surface area contributed by atoms with E-state index in [-0.39, 0.29) is 18.3 Å². The van der Waals surface area contributed by atoms with E-state index >= 15 is 0 Å². The van der Waals surface area contributed by atoms with Gasteiger partial charge in [-0.05, 0) is 12.5 Å². The fraction of sp³-hybridized carbons (Fsp3) is 0.333. The van der Waals surface area contributed by atoms with Gasteiger partial charge in [-0.2, -0.15) is 4.98 Å². The summed E-state index contributed by atoms with van der Waals surface area (Å²) in [5, 5.41) is 12.5. The first kappa shape index (κ1) is 10.7. The molecule has 0 bridgehead atoms. The molecule has 0 aliphatic heterocycles. The average Bonchev–Trinajstić information content (AvgIpc) is 2.78. The summed E-state index contributed by atoms with van der Waals surface area (Å²) in [5.41, 5.74) is 6.47. The Morgan fingerprint density at radius 1 is 1.38 bits per heavy atom. The molecule has 0 saturated heterocycles. The topological polar surface area (TPSA) is 111 Å². The van der Waals surface area contributed by atoms with Crippen molar-refractivity contribution in [2.45, 2.75) is 13.0 Å². The highest BCUT2D eigenvalue weighted by molar-refractivity contribution is 5.41. The molecule has 0 aliphatic rings. The van der Waals surface area contributed by atoms with E-state index in [1.807, 2.05) is 6.92 Å². The zero-order valence-electron chi connectivity index (χ0n) is 8.66. The van der Waals surface area contributed by atoms with E-state index in [1.54, 1.807) is 12.4 Å². The van der Waals surface area contributed by atoms with Crippen LogP contribution in [0.1, 0.15) is 17.5 Å². The Balaban J connectivity index is 2.28. The monoisotopic (exact) mass is 221 g/mol. The molecular formula is C9H11N5O2. The van der Waals surface area contributed by atoms with Crippen molar-refractivity contribution in [2.24, 2.45) is 5.73 Å². The fourth-order valence-electron chi connectivity index (χ4n) is 1.06. The van der Waals surface area contributed by atoms with Crippen molar-refractivity contribution in [3.05, 3.63) is 23.8 Å². The maximum atomic E-state index is 8.82. The Morgan fingerprint density at radius 2 is 2.06 bits per heavy atom. The maximum Gasteiger partial charge on any atom is 0.246 e. The van der Waals surface area contributed by atoms with Gasteiger partial charge in [0.15, 0.2) is 0 Å². The van der Waals surface area contributed by atoms with E-state index in [0.717, 1.165) is 5.56 Å². The minimum Gasteiger partial charge on any atom is -0.394 e. The summed E-state index contributed by atoms with van der Waals surface area (Å²) in [6.45, 7) is 1.63. The molecule has 0 unspecified atom stereocenters. The zero-order valence-corrected chi connectivity index (χ0v) is 8.66. The van der Waals surface area contributed by atoms with Crippen LogP contribution in [0.3, 0.4) is 0 Å². The van der Waals surface area contributed by atoms with Gasteiger partial charge in [-0.1, -0.05) is 5.16 Å². The molecule has 3 N–H and O–H groups in total. The molecule has 0 radical (unpaired) electrons. The molecule has 2 rings (SSSR count). The van der Waals surface area contributed by atoms with Crippen LogP contribution in [0, 0.1) is 6.92 Å². The van der Waals surface area contributed by atoms with E-state index in [1.165, 1.54) is 0 Å². The number of hydrogen-bond donors (Lipinski definition) is 2. The third-order valence-electron chi connectivity index (χ3n) is 1.94. The van der Waals surface area contributed by atoms with Crippen LogP contribution in [-0.4, -0.2) is 31.8 Å². The molecule has 2 aromatic heterocycles. The SMILES string of the molecule is Cc1cnc(-c2noc([C@@H](N)CO)n2)nc1. The highest BCUT2D eigenvalue weighted by Crippen LogP contribution is 2.13. The van der Waals surface area contributed by atoms with Gasteiger partial charge in [0.05, 0.1) is 6.61 Å². The molecule has 0 aromatic carbocycles. The third-order valence-corrected chi connectivity index (χ3v) is 1.94. The van der Waals surface area contributed by atoms with Gasteiger partial charge in [0.25, 0.3) is 0 Å². The summed E-state index contributed by atoms with van der Waals surface area (Å²) in [6.07, 6.45) is 3.31. The first-order chi connectivity index (χ1) is 7.70. The van der Waals surface area contributed by atoms with E-state index in [9.17, 15) is 0 Å². The van der Waals surface area contributed by atoms with E-state index in [4.69, 9.17) is 15.4 Å². The lowest BCUT2D eigenvalue weighted by molar-refractivity contribution is 0.237. The van der Waals surface area contributed by atoms with Gasteiger partial charge in [0.1, 0.15) is 6.04 Å². The predicted molar refractivity (Wildman–Crippen MR) is 54.1 cm³/mol. The van der Waals surface area contributed by atoms with Crippen LogP contribution in [0.15, 0.2) is 16.9 Å². The van der Waals surface area contributed by atoms with Crippen molar-refractivity contribution in [2.75, 3.05) is 6.61 Å². The number of rotatable bonds is 3. The van der Waals surface area contributed by atoms with Gasteiger partial charge in [-0.25, -0.2) is 9.97 Å². The Morgan fingerprint density at radius 3 is 2.69 bits per heavy atom. The second-order valence-corrected chi connectivity index (χ2v) is 3.33. The molecule has 2 heterocycles. The van der Waals surface area contributed by atoms with Crippen molar-refractivity contribution < 1.29 is 9.63 Å². The summed E-state index contributed by atoms with van der Waals surface area (Å²) in [6, 6.07) is -0.674. The van der Waals surface area contributed by atoms with Crippen LogP contribution in [0.25, 0.3) is 11.6 Å². The molecule has 1 atom stereocenters. The number of hydrogen-bond acceptors (Lipinski definition) is 7. The predicted octanol–water partition coefficient (Wildman–Crippen LogP) is -0.173. The Hall–Kier alpha value is -1.86. The van der Waals surface area contributed by atoms with E-state index < -0.39 is 6.04 Å². The van der Waals surface area contributed by atoms with Crippen LogP contribution >= 0.6 is 0 Å². The zero-order chi connectivity index (χ0) is 11.5. The first-order valence-corrected chi connectivity index (χ1v) is 4.69. The smallest absolute Gasteiger partial charge is 0.246 e. The van der Waals surface area contributed by atoms with Crippen LogP contribution in [0.4, 0.5) is 0 Å². The number of aromatic nitrogens is 4. The Kier molecular flexibility index (Phi) is 2.88. The van der Waals surface area contributed by atoms with Crippen LogP contribution in [0.2, 0.25) is 0 Å². The largest absolute Gasteiger partial charge is 0.394 e. The lowest BCUT2D eigenvalue weighted by Gasteiger charge is -1.98. The molecule has 0 amide bonds. The lowest BCUT2D eigenvalue weighted by Crippen LogP contribution is -2.14. The number of aryl methyl sites for hydroxylation is 1. The maximum absolute atomic E-state index is 8.82. The van der Waals surface area contributed by atoms with E-state index in [0.29, 0.717) is 5.82 Å². The van der Waals surface area contributed by atoms with Gasteiger partial charge in [0, 0.05) is 12.4 Å². The number of aliphatic hydroxyl groups is 1. The first-order valence-electron chi connectivity index (χ1n) is 4.69. The van der Waals surface area contributed by atoms with Crippen molar-refractivity contribution >= 4 is 0 Å². The Labute approximate surface area is 91.3 Å². The van der Waals surface area contributed by atoms with Crippen LogP contribution in [0.5, 0.6) is 0 Å². The molecule has 0 saturated carbocycles. The quantitative estimate of drug-likeness (QED) is 0.739. The molecule has 7 heteroatoms. The molecule has 2 aromatic rings. The molecule has 7 nitrogen and oxygen atoms in total. The highest BCUT2D eigenvalue weighted by atomic mass is 16.5. The van der Waals surface area contributed by atoms with Gasteiger partial charge in [-0.3, -0.25) is 0 Å². The molecule has 0 fully saturated rings. The van der Waals surface area contributed by atoms with Gasteiger partial charge >= 0.3 is 0 Å². The normalized spacial score (nSPS) is 12.7. The summed E-state index contributed by atoms with van der Waals surface area (Å²) in [5.74, 6) is 0.798. The minimum absolute atomic E-state index is 0.168. The standard InChI is InChI=1S/C9H11N5O2/c1-5-2-11-7(12-3-5)8-13-9(16-14-8)6(10)4-15/h2-3,6,15H,4,10H2,1H3/t6-/m0/s1. The van der Waals surface area contributed by atoms with Gasteiger partial charge in [-0.15, -0.1) is 0 Å². The van der Waals surface area contributed by atoms with Crippen LogP contribution < -0.4 is 5.73 Å². The summed E-state index contributed by atoms with van der Waals surface area (Å²) >= 11 is 0. The number of nitrogens with zero attached hydrogens (tertiary/aromatic N) is 4. The number of aliphatic hydroxyl groups excluding tert-OH is 1. The van der Waals surface area contributed by atoms with Crippen molar-refractivity contribution in [3.63, 3.8) is 0 Å². The van der Waals surface area contributed by atoms with Crippen molar-refractivity contribution in [1.82, 2.24) is 20.1 Å². The summed E-state index contributed by atoms with van der Waals surface area (Å²) in [7, 11) is 0. The van der Waals surface area contributed by atoms with Crippen molar-refractivity contribution in [3.8, 4) is 11.6 Å². The molecule has 16 heavy (non-hydrogen) atoms. The average molecular weight is 221 g/mol. The van der Waals surface area contributed by atoms with Gasteiger partial charge < -0.3 is 15.4 Å². The van der Waals surface area contributed by atoms with Crippen molar-refractivity contribution in [1.29, 1.82) is 0 Å². The van der Waals surface area contributed by atoms with Crippen LogP contribution in [-0.2, 0) is 0 Å². The molecule has 0 aliphatic carbocycles. The third kappa shape index (κ3) is 2.05. The highest BCUT2D eigenvalue weighted by Gasteiger charge is 2.15. The molecular weight excluding hydrogens is 210 g/mol. The lowest BCUT2D eigenvalue weighted by atomic mass is 10.3. The molecule has 0 spiro atoms. The fourth-order valence-corrected chi connectivity index (χ4v) is 1.06. The second-order valence-electron chi connectivity index (χ2n) is 3.33. The second kappa shape index (κ2) is 4.33. The van der Waals surface area contributed by atoms with Gasteiger partial charge in [0.2, 0.25) is 17.5 Å². The summed E-state index contributed by atoms with van der Waals surface area (Å²) < 4.78 is 4.88. The number of nitrogens with two attached hydrogens (primary N) is 1. The molecule has 84 valence electrons. The summed E-state index contributed by atoms with van der Waals surface area (Å²) in [4.78, 5) is 12.1. The van der Waals surface area contributed by atoms with E-state index in [2.05, 4.69) is 20.1 Å². The minimum atomic E-state index is -0.674.